The summed E-state index contributed by atoms with van der Waals surface area (Å²) in [6.07, 6.45) is 9.46. The van der Waals surface area contributed by atoms with Gasteiger partial charge in [-0.1, -0.05) is 0 Å². The van der Waals surface area contributed by atoms with Crippen LogP contribution in [-0.4, -0.2) is 17.4 Å². The molecule has 1 amide bonds. The fourth-order valence-electron chi connectivity index (χ4n) is 1.98. The average molecular weight is 255 g/mol. The van der Waals surface area contributed by atoms with Crippen LogP contribution >= 0.6 is 0 Å². The van der Waals surface area contributed by atoms with Gasteiger partial charge in [-0.3, -0.25) is 4.79 Å². The van der Waals surface area contributed by atoms with Crippen LogP contribution in [0.1, 0.15) is 29.6 Å². The molecule has 2 aromatic rings. The van der Waals surface area contributed by atoms with Crippen LogP contribution in [0.3, 0.4) is 0 Å². The van der Waals surface area contributed by atoms with Crippen LogP contribution in [-0.2, 0) is 0 Å². The summed E-state index contributed by atoms with van der Waals surface area (Å²) in [4.78, 5) is 15.1. The van der Waals surface area contributed by atoms with E-state index in [1.165, 1.54) is 0 Å². The number of nitrogen functional groups attached to an aromatic ring is 1. The molecule has 0 aliphatic carbocycles. The van der Waals surface area contributed by atoms with E-state index in [0.717, 1.165) is 30.2 Å². The Kier molecular flexibility index (Phi) is 4.09. The molecule has 0 spiro atoms. The third-order valence-corrected chi connectivity index (χ3v) is 2.98. The molecule has 0 atom stereocenters. The number of benzene rings is 1. The Morgan fingerprint density at radius 3 is 3.05 bits per heavy atom. The second-order valence-corrected chi connectivity index (χ2v) is 4.42. The maximum Gasteiger partial charge on any atom is 0.253 e. The number of H-pyrrole nitrogens is 1. The number of fused-ring (bicyclic) bond motifs is 1. The molecule has 0 saturated heterocycles. The molecule has 0 saturated carbocycles. The van der Waals surface area contributed by atoms with Crippen molar-refractivity contribution in [3.05, 3.63) is 30.0 Å². The Bertz CT molecular complexity index is 622. The van der Waals surface area contributed by atoms with Crippen molar-refractivity contribution in [2.75, 3.05) is 12.3 Å². The topological polar surface area (TPSA) is 70.9 Å². The van der Waals surface area contributed by atoms with E-state index in [2.05, 4.69) is 16.2 Å². The number of hydrogen-bond acceptors (Lipinski definition) is 2. The third-order valence-electron chi connectivity index (χ3n) is 2.98. The third kappa shape index (κ3) is 3.08. The van der Waals surface area contributed by atoms with E-state index >= 15 is 0 Å². The van der Waals surface area contributed by atoms with Crippen LogP contribution in [0.5, 0.6) is 0 Å². The summed E-state index contributed by atoms with van der Waals surface area (Å²) in [5.41, 5.74) is 7.89. The molecule has 4 nitrogen and oxygen atoms in total. The smallest absolute Gasteiger partial charge is 0.253 e. The van der Waals surface area contributed by atoms with Crippen molar-refractivity contribution in [1.29, 1.82) is 0 Å². The van der Waals surface area contributed by atoms with Crippen LogP contribution in [0, 0.1) is 12.3 Å². The van der Waals surface area contributed by atoms with E-state index in [4.69, 9.17) is 12.2 Å². The van der Waals surface area contributed by atoms with Gasteiger partial charge in [0.25, 0.3) is 5.91 Å². The van der Waals surface area contributed by atoms with Gasteiger partial charge in [0.15, 0.2) is 0 Å². The zero-order valence-electron chi connectivity index (χ0n) is 10.7. The highest BCUT2D eigenvalue weighted by molar-refractivity contribution is 6.07. The monoisotopic (exact) mass is 255 g/mol. The van der Waals surface area contributed by atoms with Gasteiger partial charge in [0, 0.05) is 35.8 Å². The van der Waals surface area contributed by atoms with Gasteiger partial charge < -0.3 is 16.0 Å². The maximum atomic E-state index is 12.0. The number of nitrogens with two attached hydrogens (primary N) is 1. The van der Waals surface area contributed by atoms with Crippen molar-refractivity contribution in [3.63, 3.8) is 0 Å². The molecule has 0 radical (unpaired) electrons. The molecule has 0 aliphatic heterocycles. The van der Waals surface area contributed by atoms with Crippen LogP contribution in [0.15, 0.2) is 24.4 Å². The zero-order chi connectivity index (χ0) is 13.7. The second-order valence-electron chi connectivity index (χ2n) is 4.42. The summed E-state index contributed by atoms with van der Waals surface area (Å²) >= 11 is 0. The van der Waals surface area contributed by atoms with E-state index in [9.17, 15) is 4.79 Å². The minimum Gasteiger partial charge on any atom is -0.399 e. The van der Waals surface area contributed by atoms with Crippen molar-refractivity contribution in [2.45, 2.75) is 19.3 Å². The summed E-state index contributed by atoms with van der Waals surface area (Å²) < 4.78 is 0. The Morgan fingerprint density at radius 1 is 1.42 bits per heavy atom. The molecular weight excluding hydrogens is 238 g/mol. The fourth-order valence-corrected chi connectivity index (χ4v) is 1.98. The number of aromatic amines is 1. The number of unbranched alkanes of at least 4 members (excludes halogenated alkanes) is 2. The zero-order valence-corrected chi connectivity index (χ0v) is 10.7. The van der Waals surface area contributed by atoms with Gasteiger partial charge in [0.05, 0.1) is 5.56 Å². The molecule has 2 rings (SSSR count). The van der Waals surface area contributed by atoms with Gasteiger partial charge >= 0.3 is 0 Å². The molecule has 4 heteroatoms. The largest absolute Gasteiger partial charge is 0.399 e. The quantitative estimate of drug-likeness (QED) is 0.436. The van der Waals surface area contributed by atoms with E-state index in [0.29, 0.717) is 17.8 Å². The molecule has 0 bridgehead atoms. The highest BCUT2D eigenvalue weighted by Crippen LogP contribution is 2.20. The lowest BCUT2D eigenvalue weighted by Crippen LogP contribution is -2.24. The highest BCUT2D eigenvalue weighted by Gasteiger charge is 2.11. The summed E-state index contributed by atoms with van der Waals surface area (Å²) in [5.74, 6) is 2.51. The molecule has 0 unspecified atom stereocenters. The van der Waals surface area contributed by atoms with Crippen LogP contribution in [0.25, 0.3) is 10.9 Å². The fraction of sp³-hybridized carbons (Fsp3) is 0.267. The number of nitrogens with one attached hydrogen (secondary N) is 2. The van der Waals surface area contributed by atoms with Crippen LogP contribution in [0.4, 0.5) is 5.69 Å². The predicted octanol–water partition coefficient (Wildman–Crippen LogP) is 2.28. The van der Waals surface area contributed by atoms with Gasteiger partial charge in [0.1, 0.15) is 0 Å². The molecular formula is C15H17N3O. The first-order valence-electron chi connectivity index (χ1n) is 6.30. The number of hydrogen-bond donors (Lipinski definition) is 3. The first-order chi connectivity index (χ1) is 9.22. The number of rotatable bonds is 5. The first-order valence-corrected chi connectivity index (χ1v) is 6.30. The average Bonchev–Trinajstić information content (AvgIpc) is 2.81. The Morgan fingerprint density at radius 2 is 2.26 bits per heavy atom. The van der Waals surface area contributed by atoms with E-state index in [1.807, 2.05) is 12.1 Å². The molecule has 4 N–H and O–H groups in total. The first kappa shape index (κ1) is 13.0. The minimum atomic E-state index is -0.0725. The van der Waals surface area contributed by atoms with Crippen LogP contribution < -0.4 is 11.1 Å². The lowest BCUT2D eigenvalue weighted by molar-refractivity contribution is 0.0954. The number of anilines is 1. The van der Waals surface area contributed by atoms with Crippen molar-refractivity contribution in [2.24, 2.45) is 0 Å². The number of carbonyl (C=O) groups is 1. The lowest BCUT2D eigenvalue weighted by atomic mass is 10.1. The number of terminal acetylenes is 1. The minimum absolute atomic E-state index is 0.0725. The lowest BCUT2D eigenvalue weighted by Gasteiger charge is -2.03. The summed E-state index contributed by atoms with van der Waals surface area (Å²) in [6, 6.07) is 5.47. The normalized spacial score (nSPS) is 10.3. The van der Waals surface area contributed by atoms with E-state index < -0.39 is 0 Å². The van der Waals surface area contributed by atoms with E-state index in [1.54, 1.807) is 12.3 Å². The van der Waals surface area contributed by atoms with Crippen molar-refractivity contribution >= 4 is 22.5 Å². The van der Waals surface area contributed by atoms with Gasteiger partial charge in [0.2, 0.25) is 0 Å². The van der Waals surface area contributed by atoms with Crippen LogP contribution in [0.2, 0.25) is 0 Å². The Labute approximate surface area is 112 Å². The molecule has 98 valence electrons. The summed E-state index contributed by atoms with van der Waals surface area (Å²) in [5, 5.41) is 3.78. The molecule has 1 aromatic heterocycles. The maximum absolute atomic E-state index is 12.0. The van der Waals surface area contributed by atoms with Gasteiger partial charge in [-0.25, -0.2) is 0 Å². The highest BCUT2D eigenvalue weighted by atomic mass is 16.1. The Hall–Kier alpha value is -2.41. The number of aromatic nitrogens is 1. The summed E-state index contributed by atoms with van der Waals surface area (Å²) in [6.45, 7) is 0.641. The summed E-state index contributed by atoms with van der Waals surface area (Å²) in [7, 11) is 0. The van der Waals surface area contributed by atoms with Crippen molar-refractivity contribution < 1.29 is 4.79 Å². The van der Waals surface area contributed by atoms with E-state index in [-0.39, 0.29) is 5.91 Å². The van der Waals surface area contributed by atoms with Crippen molar-refractivity contribution in [3.8, 4) is 12.3 Å². The molecule has 0 aliphatic rings. The van der Waals surface area contributed by atoms with Gasteiger partial charge in [-0.15, -0.1) is 12.3 Å². The standard InChI is InChI=1S/C15H17N3O/c1-2-3-4-5-8-17-15(19)13-10-18-14-9-11(16)6-7-12(13)14/h1,6-7,9-10,18H,3-5,8,16H2,(H,17,19). The Balaban J connectivity index is 2.00. The van der Waals surface area contributed by atoms with Gasteiger partial charge in [-0.2, -0.15) is 0 Å². The molecule has 1 aromatic carbocycles. The van der Waals surface area contributed by atoms with Gasteiger partial charge in [-0.05, 0) is 31.0 Å². The molecule has 0 fully saturated rings. The predicted molar refractivity (Wildman–Crippen MR) is 77.7 cm³/mol. The number of amides is 1. The molecule has 19 heavy (non-hydrogen) atoms. The number of carbonyl (C=O) groups excluding carboxylic acids is 1. The molecule has 1 heterocycles. The second kappa shape index (κ2) is 5.96. The van der Waals surface area contributed by atoms with Crippen molar-refractivity contribution in [1.82, 2.24) is 10.3 Å². The SMILES string of the molecule is C#CCCCCNC(=O)c1c[nH]c2cc(N)ccc12.